The van der Waals surface area contributed by atoms with Crippen molar-refractivity contribution in [3.63, 3.8) is 0 Å². The number of carbonyl (C=O) groups is 2. The number of aliphatic hydroxyl groups excluding tert-OH is 2. The molecule has 2 atom stereocenters. The van der Waals surface area contributed by atoms with Crippen molar-refractivity contribution in [1.82, 2.24) is 5.32 Å². The van der Waals surface area contributed by atoms with Gasteiger partial charge in [-0.3, -0.25) is 9.59 Å². The molecular formula is C63H119NO5. The third kappa shape index (κ3) is 55.2. The van der Waals surface area contributed by atoms with E-state index in [9.17, 15) is 19.8 Å². The van der Waals surface area contributed by atoms with E-state index in [0.717, 1.165) is 51.4 Å². The lowest BCUT2D eigenvalue weighted by atomic mass is 10.0. The van der Waals surface area contributed by atoms with Crippen molar-refractivity contribution >= 4 is 11.9 Å². The number of rotatable bonds is 57. The van der Waals surface area contributed by atoms with Gasteiger partial charge in [0.1, 0.15) is 0 Å². The average Bonchev–Trinajstić information content (AvgIpc) is 3.35. The number of hydrogen-bond donors (Lipinski definition) is 3. The summed E-state index contributed by atoms with van der Waals surface area (Å²) in [4.78, 5) is 24.5. The van der Waals surface area contributed by atoms with Gasteiger partial charge < -0.3 is 20.3 Å². The monoisotopic (exact) mass is 970 g/mol. The Hall–Kier alpha value is -1.92. The van der Waals surface area contributed by atoms with Crippen LogP contribution in [0.4, 0.5) is 0 Å². The molecule has 0 aliphatic rings. The molecule has 0 saturated heterocycles. The molecule has 6 nitrogen and oxygen atoms in total. The van der Waals surface area contributed by atoms with E-state index >= 15 is 0 Å². The molecule has 0 heterocycles. The van der Waals surface area contributed by atoms with Crippen molar-refractivity contribution in [2.75, 3.05) is 13.2 Å². The Kier molecular flexibility index (Phi) is 57.0. The number of unbranched alkanes of at least 4 members (excludes halogenated alkanes) is 40. The molecule has 6 heteroatoms. The Morgan fingerprint density at radius 2 is 0.739 bits per heavy atom. The third-order valence-corrected chi connectivity index (χ3v) is 14.2. The van der Waals surface area contributed by atoms with E-state index < -0.39 is 12.1 Å². The van der Waals surface area contributed by atoms with Crippen molar-refractivity contribution in [1.29, 1.82) is 0 Å². The predicted octanol–water partition coefficient (Wildman–Crippen LogP) is 19.2. The van der Waals surface area contributed by atoms with E-state index in [0.29, 0.717) is 32.3 Å². The van der Waals surface area contributed by atoms with Gasteiger partial charge in [-0.1, -0.05) is 281 Å². The van der Waals surface area contributed by atoms with Gasteiger partial charge in [0.25, 0.3) is 0 Å². The molecule has 0 rings (SSSR count). The average molecular weight is 971 g/mol. The second-order valence-electron chi connectivity index (χ2n) is 21.0. The maximum absolute atomic E-state index is 12.5. The van der Waals surface area contributed by atoms with Gasteiger partial charge >= 0.3 is 5.97 Å². The van der Waals surface area contributed by atoms with Crippen LogP contribution in [0.3, 0.4) is 0 Å². The number of amides is 1. The van der Waals surface area contributed by atoms with Crippen LogP contribution in [0.15, 0.2) is 36.5 Å². The van der Waals surface area contributed by atoms with Crippen LogP contribution >= 0.6 is 0 Å². The molecule has 3 N–H and O–H groups in total. The number of hydrogen-bond acceptors (Lipinski definition) is 5. The zero-order valence-corrected chi connectivity index (χ0v) is 46.3. The van der Waals surface area contributed by atoms with E-state index in [2.05, 4.69) is 49.5 Å². The molecule has 0 saturated carbocycles. The van der Waals surface area contributed by atoms with E-state index in [-0.39, 0.29) is 18.5 Å². The summed E-state index contributed by atoms with van der Waals surface area (Å²) < 4.78 is 5.47. The van der Waals surface area contributed by atoms with Crippen molar-refractivity contribution in [3.05, 3.63) is 36.5 Å². The highest BCUT2D eigenvalue weighted by atomic mass is 16.5. The van der Waals surface area contributed by atoms with E-state index in [1.54, 1.807) is 0 Å². The molecule has 0 bridgehead atoms. The molecule has 0 aromatic rings. The number of allylic oxidation sites excluding steroid dienone is 6. The van der Waals surface area contributed by atoms with Crippen molar-refractivity contribution in [2.45, 2.75) is 341 Å². The highest BCUT2D eigenvalue weighted by molar-refractivity contribution is 5.76. The first-order valence-electron chi connectivity index (χ1n) is 30.7. The molecule has 2 unspecified atom stereocenters. The molecule has 406 valence electrons. The van der Waals surface area contributed by atoms with E-state index in [1.165, 1.54) is 238 Å². The van der Waals surface area contributed by atoms with Crippen LogP contribution in [-0.4, -0.2) is 47.4 Å². The van der Waals surface area contributed by atoms with Gasteiger partial charge in [0, 0.05) is 12.8 Å². The first kappa shape index (κ1) is 67.1. The summed E-state index contributed by atoms with van der Waals surface area (Å²) in [5.74, 6) is -0.133. The van der Waals surface area contributed by atoms with Gasteiger partial charge in [-0.15, -0.1) is 0 Å². The molecule has 0 fully saturated rings. The molecule has 0 aromatic heterocycles. The fourth-order valence-electron chi connectivity index (χ4n) is 9.45. The fourth-order valence-corrected chi connectivity index (χ4v) is 9.45. The largest absolute Gasteiger partial charge is 0.466 e. The summed E-state index contributed by atoms with van der Waals surface area (Å²) in [6, 6.07) is -0.587. The number of aliphatic hydroxyl groups is 2. The summed E-state index contributed by atoms with van der Waals surface area (Å²) >= 11 is 0. The first-order valence-corrected chi connectivity index (χ1v) is 30.7. The van der Waals surface area contributed by atoms with E-state index in [1.807, 2.05) is 6.08 Å². The molecule has 1 amide bonds. The van der Waals surface area contributed by atoms with Gasteiger partial charge in [-0.25, -0.2) is 0 Å². The Labute approximate surface area is 430 Å². The molecule has 0 aliphatic carbocycles. The SMILES string of the molecule is CCCCCCCC/C=C\CCCCCCCCCC(=O)OCCCCCCCC/C=C\C/C=C\CCC(=O)NC(CO)C(O)CCCCCCCCCCCCCCCCCCCCCCCC. The highest BCUT2D eigenvalue weighted by Crippen LogP contribution is 2.17. The third-order valence-electron chi connectivity index (χ3n) is 14.2. The Morgan fingerprint density at radius 3 is 1.14 bits per heavy atom. The molecule has 0 spiro atoms. The molecule has 0 aromatic carbocycles. The fraction of sp³-hybridized carbons (Fsp3) is 0.873. The summed E-state index contributed by atoms with van der Waals surface area (Å²) in [7, 11) is 0. The number of esters is 1. The zero-order valence-electron chi connectivity index (χ0n) is 46.3. The van der Waals surface area contributed by atoms with Crippen LogP contribution in [0.1, 0.15) is 328 Å². The van der Waals surface area contributed by atoms with Gasteiger partial charge in [-0.2, -0.15) is 0 Å². The van der Waals surface area contributed by atoms with Crippen LogP contribution in [0.2, 0.25) is 0 Å². The molecular weight excluding hydrogens is 851 g/mol. The minimum Gasteiger partial charge on any atom is -0.466 e. The highest BCUT2D eigenvalue weighted by Gasteiger charge is 2.20. The van der Waals surface area contributed by atoms with Gasteiger partial charge in [-0.05, 0) is 70.6 Å². The Morgan fingerprint density at radius 1 is 0.406 bits per heavy atom. The van der Waals surface area contributed by atoms with Crippen molar-refractivity contribution in [3.8, 4) is 0 Å². The van der Waals surface area contributed by atoms with Gasteiger partial charge in [0.05, 0.1) is 25.4 Å². The molecule has 0 radical (unpaired) electrons. The number of carbonyl (C=O) groups excluding carboxylic acids is 2. The Bertz CT molecular complexity index is 1120. The summed E-state index contributed by atoms with van der Waals surface area (Å²) in [6.07, 6.45) is 73.0. The standard InChI is InChI=1S/C63H119NO5/c1-3-5-7-9-11-13-15-17-19-21-22-23-24-25-27-28-31-35-39-43-47-51-55-61(66)60(59-65)64-62(67)56-52-48-44-40-36-32-30-34-38-42-46-50-54-58-69-63(68)57-53-49-45-41-37-33-29-26-20-18-16-14-12-10-8-6-4-2/h18,20,32,36,44,48,60-61,65-66H,3-17,19,21-31,33-35,37-43,45-47,49-59H2,1-2H3,(H,64,67)/b20-18-,36-32-,48-44-. The van der Waals surface area contributed by atoms with Crippen LogP contribution in [0, 0.1) is 0 Å². The maximum atomic E-state index is 12.5. The van der Waals surface area contributed by atoms with Crippen LogP contribution in [-0.2, 0) is 14.3 Å². The van der Waals surface area contributed by atoms with Crippen molar-refractivity contribution < 1.29 is 24.5 Å². The van der Waals surface area contributed by atoms with Crippen LogP contribution < -0.4 is 5.32 Å². The second-order valence-corrected chi connectivity index (χ2v) is 21.0. The minimum atomic E-state index is -0.701. The summed E-state index contributed by atoms with van der Waals surface area (Å²) in [5, 5.41) is 23.3. The van der Waals surface area contributed by atoms with Crippen molar-refractivity contribution in [2.24, 2.45) is 0 Å². The topological polar surface area (TPSA) is 95.9 Å². The maximum Gasteiger partial charge on any atom is 0.305 e. The molecule has 0 aliphatic heterocycles. The van der Waals surface area contributed by atoms with E-state index in [4.69, 9.17) is 4.74 Å². The normalized spacial score (nSPS) is 12.8. The summed E-state index contributed by atoms with van der Waals surface area (Å²) in [5.41, 5.74) is 0. The molecule has 69 heavy (non-hydrogen) atoms. The smallest absolute Gasteiger partial charge is 0.305 e. The summed E-state index contributed by atoms with van der Waals surface area (Å²) in [6.45, 7) is 4.90. The van der Waals surface area contributed by atoms with Gasteiger partial charge in [0.15, 0.2) is 0 Å². The lowest BCUT2D eigenvalue weighted by molar-refractivity contribution is -0.143. The number of ether oxygens (including phenoxy) is 1. The minimum absolute atomic E-state index is 0.0198. The lowest BCUT2D eigenvalue weighted by Gasteiger charge is -2.22. The van der Waals surface area contributed by atoms with Gasteiger partial charge in [0.2, 0.25) is 5.91 Å². The quantitative estimate of drug-likeness (QED) is 0.0321. The first-order chi connectivity index (χ1) is 34.0. The van der Waals surface area contributed by atoms with Crippen LogP contribution in [0.25, 0.3) is 0 Å². The second kappa shape index (κ2) is 58.6. The zero-order chi connectivity index (χ0) is 50.0. The predicted molar refractivity (Wildman–Crippen MR) is 301 cm³/mol. The Balaban J connectivity index is 3.52. The lowest BCUT2D eigenvalue weighted by Crippen LogP contribution is -2.45. The van der Waals surface area contributed by atoms with Crippen LogP contribution in [0.5, 0.6) is 0 Å². The number of nitrogens with one attached hydrogen (secondary N) is 1.